The van der Waals surface area contributed by atoms with Gasteiger partial charge in [0.05, 0.1) is 5.41 Å². The second-order valence-electron chi connectivity index (χ2n) is 5.17. The molecule has 0 radical (unpaired) electrons. The molecule has 0 amide bonds. The van der Waals surface area contributed by atoms with E-state index in [1.54, 1.807) is 0 Å². The van der Waals surface area contributed by atoms with E-state index in [0.717, 1.165) is 6.42 Å². The van der Waals surface area contributed by atoms with Crippen LogP contribution in [0.1, 0.15) is 59.8 Å². The predicted molar refractivity (Wildman–Crippen MR) is 68.3 cm³/mol. The zero-order chi connectivity index (χ0) is 12.4. The van der Waals surface area contributed by atoms with E-state index in [9.17, 15) is 4.79 Å². The van der Waals surface area contributed by atoms with Gasteiger partial charge < -0.3 is 4.74 Å². The van der Waals surface area contributed by atoms with Crippen molar-refractivity contribution in [2.45, 2.75) is 59.8 Å². The first-order valence-electron chi connectivity index (χ1n) is 6.30. The first-order chi connectivity index (χ1) is 7.48. The first kappa shape index (κ1) is 15.2. The number of hydrogen-bond donors (Lipinski definition) is 0. The van der Waals surface area contributed by atoms with Crippen LogP contribution in [0.25, 0.3) is 0 Å². The van der Waals surface area contributed by atoms with Gasteiger partial charge in [-0.3, -0.25) is 4.79 Å². The minimum atomic E-state index is -0.394. The number of hydrogen-bond acceptors (Lipinski definition) is 2. The van der Waals surface area contributed by atoms with Crippen LogP contribution in [0.5, 0.6) is 0 Å². The van der Waals surface area contributed by atoms with Crippen molar-refractivity contribution >= 4 is 5.97 Å². The highest BCUT2D eigenvalue weighted by atomic mass is 16.5. The van der Waals surface area contributed by atoms with Crippen molar-refractivity contribution in [3.8, 4) is 0 Å². The van der Waals surface area contributed by atoms with Gasteiger partial charge in [-0.1, -0.05) is 38.3 Å². The van der Waals surface area contributed by atoms with Crippen molar-refractivity contribution in [3.63, 3.8) is 0 Å². The minimum absolute atomic E-state index is 0.136. The van der Waals surface area contributed by atoms with E-state index >= 15 is 0 Å². The molecule has 0 rings (SSSR count). The Kier molecular flexibility index (Phi) is 7.96. The third-order valence-electron chi connectivity index (χ3n) is 2.31. The van der Waals surface area contributed by atoms with E-state index < -0.39 is 5.41 Å². The van der Waals surface area contributed by atoms with Crippen LogP contribution in [0.3, 0.4) is 0 Å². The second-order valence-corrected chi connectivity index (χ2v) is 5.17. The largest absolute Gasteiger partial charge is 0.461 e. The Labute approximate surface area is 100 Å². The van der Waals surface area contributed by atoms with Crippen molar-refractivity contribution in [2.24, 2.45) is 5.41 Å². The molecule has 0 aromatic carbocycles. The van der Waals surface area contributed by atoms with E-state index in [2.05, 4.69) is 13.0 Å². The van der Waals surface area contributed by atoms with Crippen molar-refractivity contribution < 1.29 is 9.53 Å². The maximum absolute atomic E-state index is 11.4. The van der Waals surface area contributed by atoms with Gasteiger partial charge in [-0.15, -0.1) is 0 Å². The fraction of sp³-hybridized carbons (Fsp3) is 0.786. The van der Waals surface area contributed by atoms with Crippen LogP contribution in [-0.4, -0.2) is 12.6 Å². The van der Waals surface area contributed by atoms with E-state index in [0.29, 0.717) is 6.61 Å². The zero-order valence-electron chi connectivity index (χ0n) is 11.2. The van der Waals surface area contributed by atoms with Crippen LogP contribution in [0.2, 0.25) is 0 Å². The molecule has 0 spiro atoms. The molecular weight excluding hydrogens is 200 g/mol. The molecule has 0 aliphatic carbocycles. The molecule has 0 saturated heterocycles. The van der Waals surface area contributed by atoms with Crippen LogP contribution in [-0.2, 0) is 9.53 Å². The van der Waals surface area contributed by atoms with E-state index in [1.165, 1.54) is 25.7 Å². The normalized spacial score (nSPS) is 12.0. The molecule has 0 N–H and O–H groups in total. The van der Waals surface area contributed by atoms with Gasteiger partial charge in [0.1, 0.15) is 6.61 Å². The van der Waals surface area contributed by atoms with Gasteiger partial charge in [-0.25, -0.2) is 0 Å². The monoisotopic (exact) mass is 226 g/mol. The van der Waals surface area contributed by atoms with Crippen LogP contribution >= 0.6 is 0 Å². The number of esters is 1. The molecule has 2 heteroatoms. The highest BCUT2D eigenvalue weighted by molar-refractivity contribution is 5.75. The number of rotatable bonds is 7. The van der Waals surface area contributed by atoms with E-state index in [-0.39, 0.29) is 5.97 Å². The molecule has 0 aliphatic rings. The van der Waals surface area contributed by atoms with E-state index in [1.807, 2.05) is 26.8 Å². The molecule has 0 aromatic rings. The average molecular weight is 226 g/mol. The molecule has 0 fully saturated rings. The second kappa shape index (κ2) is 8.37. The quantitative estimate of drug-likeness (QED) is 0.371. The predicted octanol–water partition coefficient (Wildman–Crippen LogP) is 4.10. The molecule has 0 aliphatic heterocycles. The third kappa shape index (κ3) is 8.51. The van der Waals surface area contributed by atoms with Gasteiger partial charge in [-0.2, -0.15) is 0 Å². The summed E-state index contributed by atoms with van der Waals surface area (Å²) in [5.41, 5.74) is -0.394. The van der Waals surface area contributed by atoms with Gasteiger partial charge in [0, 0.05) is 0 Å². The van der Waals surface area contributed by atoms with Gasteiger partial charge in [0.25, 0.3) is 0 Å². The lowest BCUT2D eigenvalue weighted by molar-refractivity contribution is -0.151. The van der Waals surface area contributed by atoms with Gasteiger partial charge >= 0.3 is 5.97 Å². The average Bonchev–Trinajstić information content (AvgIpc) is 2.20. The van der Waals surface area contributed by atoms with Gasteiger partial charge in [0.2, 0.25) is 0 Å². The number of allylic oxidation sites excluding steroid dienone is 1. The smallest absolute Gasteiger partial charge is 0.311 e. The molecule has 0 saturated carbocycles. The summed E-state index contributed by atoms with van der Waals surface area (Å²) in [6, 6.07) is 0. The Bertz CT molecular complexity index is 211. The lowest BCUT2D eigenvalue weighted by Gasteiger charge is -2.15. The van der Waals surface area contributed by atoms with Crippen LogP contribution in [0.4, 0.5) is 0 Å². The zero-order valence-corrected chi connectivity index (χ0v) is 11.2. The molecule has 2 nitrogen and oxygen atoms in total. The molecule has 0 unspecified atom stereocenters. The summed E-state index contributed by atoms with van der Waals surface area (Å²) >= 11 is 0. The highest BCUT2D eigenvalue weighted by Crippen LogP contribution is 2.14. The summed E-state index contributed by atoms with van der Waals surface area (Å²) in [6.45, 7) is 8.21. The van der Waals surface area contributed by atoms with Gasteiger partial charge in [-0.05, 0) is 33.6 Å². The summed E-state index contributed by atoms with van der Waals surface area (Å²) in [5.74, 6) is -0.136. The number of carbonyl (C=O) groups is 1. The molecule has 0 atom stereocenters. The molecule has 94 valence electrons. The fourth-order valence-electron chi connectivity index (χ4n) is 1.22. The molecular formula is C14H26O2. The number of unbranched alkanes of at least 4 members (excludes halogenated alkanes) is 4. The lowest BCUT2D eigenvalue weighted by atomic mass is 9.97. The Morgan fingerprint density at radius 1 is 1.12 bits per heavy atom. The lowest BCUT2D eigenvalue weighted by Crippen LogP contribution is -2.22. The van der Waals surface area contributed by atoms with Crippen molar-refractivity contribution in [2.75, 3.05) is 6.61 Å². The van der Waals surface area contributed by atoms with Crippen LogP contribution in [0, 0.1) is 5.41 Å². The van der Waals surface area contributed by atoms with Crippen LogP contribution in [0.15, 0.2) is 12.2 Å². The summed E-state index contributed by atoms with van der Waals surface area (Å²) in [6.07, 6.45) is 10.2. The first-order valence-corrected chi connectivity index (χ1v) is 6.30. The molecule has 0 bridgehead atoms. The van der Waals surface area contributed by atoms with Crippen molar-refractivity contribution in [1.29, 1.82) is 0 Å². The SMILES string of the molecule is CCCCCC/C=C\COC(=O)C(C)(C)C. The van der Waals surface area contributed by atoms with Crippen molar-refractivity contribution in [1.82, 2.24) is 0 Å². The summed E-state index contributed by atoms with van der Waals surface area (Å²) in [7, 11) is 0. The summed E-state index contributed by atoms with van der Waals surface area (Å²) < 4.78 is 5.11. The van der Waals surface area contributed by atoms with Crippen molar-refractivity contribution in [3.05, 3.63) is 12.2 Å². The number of ether oxygens (including phenoxy) is 1. The Morgan fingerprint density at radius 3 is 2.38 bits per heavy atom. The maximum Gasteiger partial charge on any atom is 0.311 e. The topological polar surface area (TPSA) is 26.3 Å². The van der Waals surface area contributed by atoms with Crippen LogP contribution < -0.4 is 0 Å². The van der Waals surface area contributed by atoms with Gasteiger partial charge in [0.15, 0.2) is 0 Å². The Hall–Kier alpha value is -0.790. The maximum atomic E-state index is 11.4. The minimum Gasteiger partial charge on any atom is -0.461 e. The molecule has 16 heavy (non-hydrogen) atoms. The third-order valence-corrected chi connectivity index (χ3v) is 2.31. The summed E-state index contributed by atoms with van der Waals surface area (Å²) in [5, 5.41) is 0. The fourth-order valence-corrected chi connectivity index (χ4v) is 1.22. The Balaban J connectivity index is 3.44. The van der Waals surface area contributed by atoms with E-state index in [4.69, 9.17) is 4.74 Å². The molecule has 0 heterocycles. The Morgan fingerprint density at radius 2 is 1.81 bits per heavy atom. The summed E-state index contributed by atoms with van der Waals surface area (Å²) in [4.78, 5) is 11.4. The highest BCUT2D eigenvalue weighted by Gasteiger charge is 2.22. The standard InChI is InChI=1S/C14H26O2/c1-5-6-7-8-9-10-11-12-16-13(15)14(2,3)4/h10-11H,5-9,12H2,1-4H3/b11-10-. The molecule has 0 aromatic heterocycles. The number of carbonyl (C=O) groups excluding carboxylic acids is 1.